The fourth-order valence-corrected chi connectivity index (χ4v) is 5.23. The minimum Gasteiger partial charge on any atom is -0.475 e. The molecule has 2 aromatic heterocycles. The van der Waals surface area contributed by atoms with E-state index in [1.54, 1.807) is 6.20 Å². The largest absolute Gasteiger partial charge is 0.490 e. The van der Waals surface area contributed by atoms with Gasteiger partial charge in [0.05, 0.1) is 18.3 Å². The Morgan fingerprint density at radius 2 is 1.89 bits per heavy atom. The van der Waals surface area contributed by atoms with Crippen LogP contribution in [0.3, 0.4) is 0 Å². The van der Waals surface area contributed by atoms with E-state index in [1.807, 2.05) is 22.9 Å². The van der Waals surface area contributed by atoms with Gasteiger partial charge in [-0.3, -0.25) is 9.69 Å². The zero-order valence-electron chi connectivity index (χ0n) is 19.6. The first-order valence-electron chi connectivity index (χ1n) is 11.8. The van der Waals surface area contributed by atoms with Gasteiger partial charge in [-0.05, 0) is 50.3 Å². The van der Waals surface area contributed by atoms with Crippen molar-refractivity contribution in [3.8, 4) is 0 Å². The number of carboxylic acids is 1. The number of aliphatic carboxylic acids is 1. The lowest BCUT2D eigenvalue weighted by Crippen LogP contribution is -2.28. The predicted octanol–water partition coefficient (Wildman–Crippen LogP) is 5.07. The fourth-order valence-electron chi connectivity index (χ4n) is 4.94. The summed E-state index contributed by atoms with van der Waals surface area (Å²) < 4.78 is 33.7. The number of fused-ring (bicyclic) bond motifs is 1. The van der Waals surface area contributed by atoms with E-state index in [4.69, 9.17) is 26.5 Å². The van der Waals surface area contributed by atoms with Crippen molar-refractivity contribution in [2.24, 2.45) is 0 Å². The summed E-state index contributed by atoms with van der Waals surface area (Å²) >= 11 is 6.41. The number of benzene rings is 1. The molecule has 5 rings (SSSR count). The van der Waals surface area contributed by atoms with E-state index >= 15 is 0 Å². The van der Waals surface area contributed by atoms with E-state index in [1.165, 1.54) is 18.4 Å². The van der Waals surface area contributed by atoms with Crippen molar-refractivity contribution in [1.82, 2.24) is 24.6 Å². The SMILES string of the molecule is CC(c1nc2c(cnn2C2CCCC2)c(=O)[nH]1)N1CCC(c2ccccc2Cl)C1.O=C(O)C(F)(F)F. The smallest absolute Gasteiger partial charge is 0.475 e. The number of likely N-dealkylation sites (tertiary alicyclic amines) is 1. The van der Waals surface area contributed by atoms with E-state index in [2.05, 4.69) is 28.0 Å². The lowest BCUT2D eigenvalue weighted by molar-refractivity contribution is -0.192. The summed E-state index contributed by atoms with van der Waals surface area (Å²) in [5.41, 5.74) is 1.84. The minimum absolute atomic E-state index is 0.0338. The summed E-state index contributed by atoms with van der Waals surface area (Å²) in [5.74, 6) is -1.62. The molecule has 3 aromatic rings. The molecular formula is C24H27ClF3N5O3. The van der Waals surface area contributed by atoms with Gasteiger partial charge in [0.15, 0.2) is 5.65 Å². The quantitative estimate of drug-likeness (QED) is 0.493. The highest BCUT2D eigenvalue weighted by Gasteiger charge is 2.38. The third-order valence-electron chi connectivity index (χ3n) is 6.90. The van der Waals surface area contributed by atoms with Gasteiger partial charge in [0.25, 0.3) is 5.56 Å². The summed E-state index contributed by atoms with van der Waals surface area (Å²) in [6.07, 6.45) is 2.30. The Balaban J connectivity index is 0.000000384. The average Bonchev–Trinajstić information content (AvgIpc) is 3.59. The third kappa shape index (κ3) is 5.57. The number of carbonyl (C=O) groups is 1. The molecule has 1 saturated carbocycles. The number of aromatic nitrogens is 4. The summed E-state index contributed by atoms with van der Waals surface area (Å²) in [6.45, 7) is 3.99. The van der Waals surface area contributed by atoms with Crippen LogP contribution in [0, 0.1) is 0 Å². The molecule has 1 saturated heterocycles. The van der Waals surface area contributed by atoms with E-state index in [0.29, 0.717) is 17.3 Å². The summed E-state index contributed by atoms with van der Waals surface area (Å²) in [5, 5.41) is 13.0. The van der Waals surface area contributed by atoms with Gasteiger partial charge in [0.1, 0.15) is 11.2 Å². The number of hydrogen-bond donors (Lipinski definition) is 2. The van der Waals surface area contributed by atoms with E-state index < -0.39 is 12.1 Å². The molecule has 1 aliphatic carbocycles. The second-order valence-electron chi connectivity index (χ2n) is 9.20. The van der Waals surface area contributed by atoms with Crippen LogP contribution < -0.4 is 5.56 Å². The van der Waals surface area contributed by atoms with Crippen molar-refractivity contribution in [3.63, 3.8) is 0 Å². The van der Waals surface area contributed by atoms with Crippen LogP contribution in [-0.2, 0) is 4.79 Å². The normalized spacial score (nSPS) is 19.9. The summed E-state index contributed by atoms with van der Waals surface area (Å²) in [4.78, 5) is 31.9. The molecule has 8 nitrogen and oxygen atoms in total. The number of halogens is 4. The van der Waals surface area contributed by atoms with Crippen molar-refractivity contribution < 1.29 is 23.1 Å². The van der Waals surface area contributed by atoms with Crippen LogP contribution in [0.1, 0.15) is 68.4 Å². The van der Waals surface area contributed by atoms with Gasteiger partial charge in [-0.25, -0.2) is 14.5 Å². The van der Waals surface area contributed by atoms with Crippen molar-refractivity contribution in [1.29, 1.82) is 0 Å². The van der Waals surface area contributed by atoms with Crippen LogP contribution in [0.2, 0.25) is 5.02 Å². The molecule has 0 bridgehead atoms. The lowest BCUT2D eigenvalue weighted by Gasteiger charge is -2.24. The molecule has 12 heteroatoms. The van der Waals surface area contributed by atoms with Crippen molar-refractivity contribution >= 4 is 28.6 Å². The zero-order valence-corrected chi connectivity index (χ0v) is 20.4. The first kappa shape index (κ1) is 26.2. The van der Waals surface area contributed by atoms with Crippen LogP contribution in [0.4, 0.5) is 13.2 Å². The van der Waals surface area contributed by atoms with Gasteiger partial charge < -0.3 is 10.1 Å². The van der Waals surface area contributed by atoms with Crippen molar-refractivity contribution in [2.75, 3.05) is 13.1 Å². The number of H-pyrrole nitrogens is 1. The molecule has 194 valence electrons. The Bertz CT molecular complexity index is 1290. The topological polar surface area (TPSA) is 104 Å². The molecule has 2 unspecified atom stereocenters. The monoisotopic (exact) mass is 525 g/mol. The number of hydrogen-bond acceptors (Lipinski definition) is 5. The molecule has 3 heterocycles. The van der Waals surface area contributed by atoms with Crippen LogP contribution in [0.25, 0.3) is 11.0 Å². The van der Waals surface area contributed by atoms with Crippen LogP contribution in [0.15, 0.2) is 35.3 Å². The molecule has 2 atom stereocenters. The fraction of sp³-hybridized carbons (Fsp3) is 0.500. The van der Waals surface area contributed by atoms with Crippen molar-refractivity contribution in [3.05, 3.63) is 57.2 Å². The number of nitrogens with zero attached hydrogens (tertiary/aromatic N) is 4. The predicted molar refractivity (Wildman–Crippen MR) is 128 cm³/mol. The van der Waals surface area contributed by atoms with E-state index in [0.717, 1.165) is 48.8 Å². The van der Waals surface area contributed by atoms with Gasteiger partial charge in [-0.2, -0.15) is 18.3 Å². The molecule has 0 radical (unpaired) electrons. The molecule has 0 spiro atoms. The standard InChI is InChI=1S/C22H26ClN5O.C2HF3O2/c1-14(27-11-10-15(13-27)17-8-4-5-9-19(17)23)20-25-21-18(22(29)26-20)12-24-28(21)16-6-2-3-7-16;3-2(4,5)1(6)7/h4-5,8-9,12,14-16H,2-3,6-7,10-11,13H2,1H3,(H,25,26,29);(H,6,7). The third-order valence-corrected chi connectivity index (χ3v) is 7.25. The molecule has 0 amide bonds. The maximum Gasteiger partial charge on any atom is 0.490 e. The highest BCUT2D eigenvalue weighted by molar-refractivity contribution is 6.31. The molecule has 2 aliphatic rings. The average molecular weight is 526 g/mol. The van der Waals surface area contributed by atoms with Crippen LogP contribution in [0.5, 0.6) is 0 Å². The zero-order chi connectivity index (χ0) is 26.0. The Kier molecular flexibility index (Phi) is 7.70. The number of rotatable bonds is 4. The highest BCUT2D eigenvalue weighted by atomic mass is 35.5. The second kappa shape index (κ2) is 10.6. The lowest BCUT2D eigenvalue weighted by atomic mass is 9.98. The summed E-state index contributed by atoms with van der Waals surface area (Å²) in [7, 11) is 0. The van der Waals surface area contributed by atoms with Gasteiger partial charge in [-0.15, -0.1) is 0 Å². The highest BCUT2D eigenvalue weighted by Crippen LogP contribution is 2.35. The maximum atomic E-state index is 12.7. The van der Waals surface area contributed by atoms with Gasteiger partial charge in [0, 0.05) is 11.6 Å². The molecular weight excluding hydrogens is 499 g/mol. The van der Waals surface area contributed by atoms with E-state index in [9.17, 15) is 18.0 Å². The molecule has 36 heavy (non-hydrogen) atoms. The Morgan fingerprint density at radius 1 is 1.22 bits per heavy atom. The molecule has 2 fully saturated rings. The number of carboxylic acid groups (broad SMARTS) is 1. The Morgan fingerprint density at radius 3 is 2.53 bits per heavy atom. The minimum atomic E-state index is -5.08. The number of alkyl halides is 3. The maximum absolute atomic E-state index is 12.7. The Hall–Kier alpha value is -2.92. The molecule has 1 aliphatic heterocycles. The van der Waals surface area contributed by atoms with Crippen LogP contribution in [-0.4, -0.2) is 55.0 Å². The van der Waals surface area contributed by atoms with Crippen LogP contribution >= 0.6 is 11.6 Å². The first-order valence-corrected chi connectivity index (χ1v) is 12.2. The summed E-state index contributed by atoms with van der Waals surface area (Å²) in [6, 6.07) is 8.49. The van der Waals surface area contributed by atoms with Crippen molar-refractivity contribution in [2.45, 2.75) is 63.2 Å². The Labute approximate surface area is 210 Å². The van der Waals surface area contributed by atoms with E-state index in [-0.39, 0.29) is 11.6 Å². The van der Waals surface area contributed by atoms with Gasteiger partial charge >= 0.3 is 12.1 Å². The van der Waals surface area contributed by atoms with Gasteiger partial charge in [-0.1, -0.05) is 42.6 Å². The first-order chi connectivity index (χ1) is 17.1. The second-order valence-corrected chi connectivity index (χ2v) is 9.60. The van der Waals surface area contributed by atoms with Gasteiger partial charge in [0.2, 0.25) is 0 Å². The number of aromatic amines is 1. The molecule has 2 N–H and O–H groups in total. The number of nitrogens with one attached hydrogen (secondary N) is 1. The molecule has 1 aromatic carbocycles.